The minimum Gasteiger partial charge on any atom is -0.489 e. The fourth-order valence-corrected chi connectivity index (χ4v) is 4.64. The van der Waals surface area contributed by atoms with Gasteiger partial charge in [-0.05, 0) is 77.5 Å². The summed E-state index contributed by atoms with van der Waals surface area (Å²) >= 11 is 0. The number of carbonyl (C=O) groups is 3. The number of benzene rings is 1. The Morgan fingerprint density at radius 2 is 1.87 bits per heavy atom. The Balaban J connectivity index is 1.58. The Hall–Kier alpha value is -4.14. The number of methoxy groups -OCH3 is 1. The largest absolute Gasteiger partial charge is 0.489 e. The molecule has 13 nitrogen and oxygen atoms in total. The van der Waals surface area contributed by atoms with E-state index in [0.29, 0.717) is 18.1 Å². The molecule has 1 aromatic carbocycles. The molecular formula is C30H40F2N4O9. The van der Waals surface area contributed by atoms with Gasteiger partial charge in [-0.3, -0.25) is 4.79 Å². The maximum atomic E-state index is 13.5. The molecule has 2 heterocycles. The summed E-state index contributed by atoms with van der Waals surface area (Å²) in [6.45, 7) is 4.28. The standard InChI is InChI=1S/C30H40F2N4O9/c1-17(34-27(38)45-29(2,3)4)23-22(24(37)33-16-30(40)10-12-36(13-11-30)28(39)41-5)35-25(44-23)19-8-9-20(43-26(31)32)21(14-19)42-15-18-6-7-18/h8-9,14,17-18,26,40H,6-7,10-13,15-16H2,1-5H3,(H,33,37)(H,34,38)/t17-/m0/s1. The highest BCUT2D eigenvalue weighted by Crippen LogP contribution is 2.37. The van der Waals surface area contributed by atoms with Crippen molar-refractivity contribution in [3.8, 4) is 23.0 Å². The summed E-state index contributed by atoms with van der Waals surface area (Å²) in [4.78, 5) is 43.6. The van der Waals surface area contributed by atoms with Gasteiger partial charge >= 0.3 is 18.8 Å². The number of oxazole rings is 1. The van der Waals surface area contributed by atoms with E-state index in [1.165, 1.54) is 30.2 Å². The number of aromatic nitrogens is 1. The first-order valence-electron chi connectivity index (χ1n) is 14.7. The van der Waals surface area contributed by atoms with Gasteiger partial charge in [0.25, 0.3) is 5.91 Å². The number of nitrogens with zero attached hydrogens (tertiary/aromatic N) is 2. The van der Waals surface area contributed by atoms with E-state index in [9.17, 15) is 28.3 Å². The van der Waals surface area contributed by atoms with Crippen LogP contribution in [0.25, 0.3) is 11.5 Å². The van der Waals surface area contributed by atoms with Crippen LogP contribution in [-0.4, -0.2) is 84.2 Å². The second-order valence-corrected chi connectivity index (χ2v) is 12.3. The fraction of sp³-hybridized carbons (Fsp3) is 0.600. The van der Waals surface area contributed by atoms with Gasteiger partial charge in [0.2, 0.25) is 5.89 Å². The van der Waals surface area contributed by atoms with Gasteiger partial charge in [0.15, 0.2) is 23.0 Å². The van der Waals surface area contributed by atoms with E-state index in [4.69, 9.17) is 18.6 Å². The number of amides is 3. The third kappa shape index (κ3) is 9.42. The van der Waals surface area contributed by atoms with Crippen LogP contribution in [0, 0.1) is 5.92 Å². The molecule has 1 saturated heterocycles. The van der Waals surface area contributed by atoms with Crippen LogP contribution in [-0.2, 0) is 9.47 Å². The lowest BCUT2D eigenvalue weighted by atomic mass is 9.91. The number of halogens is 2. The third-order valence-corrected chi connectivity index (χ3v) is 7.28. The number of ether oxygens (including phenoxy) is 4. The topological polar surface area (TPSA) is 162 Å². The van der Waals surface area contributed by atoms with Crippen LogP contribution in [0.4, 0.5) is 18.4 Å². The zero-order chi connectivity index (χ0) is 32.9. The number of hydrogen-bond donors (Lipinski definition) is 3. The Morgan fingerprint density at radius 1 is 1.18 bits per heavy atom. The Morgan fingerprint density at radius 3 is 2.47 bits per heavy atom. The number of piperidine rings is 1. The first-order chi connectivity index (χ1) is 21.2. The molecule has 2 aliphatic rings. The molecule has 15 heteroatoms. The third-order valence-electron chi connectivity index (χ3n) is 7.28. The van der Waals surface area contributed by atoms with Crippen molar-refractivity contribution in [3.63, 3.8) is 0 Å². The molecule has 3 N–H and O–H groups in total. The molecule has 0 bridgehead atoms. The highest BCUT2D eigenvalue weighted by atomic mass is 19.3. The van der Waals surface area contributed by atoms with Crippen LogP contribution < -0.4 is 20.1 Å². The fourth-order valence-electron chi connectivity index (χ4n) is 4.64. The normalized spacial score (nSPS) is 17.0. The highest BCUT2D eigenvalue weighted by molar-refractivity contribution is 5.94. The molecule has 1 saturated carbocycles. The van der Waals surface area contributed by atoms with Crippen LogP contribution in [0.5, 0.6) is 11.5 Å². The molecule has 4 rings (SSSR count). The summed E-state index contributed by atoms with van der Waals surface area (Å²) in [5.74, 6) is -0.507. The highest BCUT2D eigenvalue weighted by Gasteiger charge is 2.36. The number of rotatable bonds is 11. The molecular weight excluding hydrogens is 598 g/mol. The molecule has 0 unspecified atom stereocenters. The molecule has 1 atom stereocenters. The number of aliphatic hydroxyl groups is 1. The van der Waals surface area contributed by atoms with Gasteiger partial charge in [-0.25, -0.2) is 14.6 Å². The zero-order valence-electron chi connectivity index (χ0n) is 26.0. The number of carbonyl (C=O) groups excluding carboxylic acids is 3. The quantitative estimate of drug-likeness (QED) is 0.316. The van der Waals surface area contributed by atoms with Crippen molar-refractivity contribution in [3.05, 3.63) is 29.7 Å². The lowest BCUT2D eigenvalue weighted by Gasteiger charge is -2.37. The number of nitrogens with one attached hydrogen (secondary N) is 2. The molecule has 45 heavy (non-hydrogen) atoms. The molecule has 1 aliphatic carbocycles. The summed E-state index contributed by atoms with van der Waals surface area (Å²) < 4.78 is 52.5. The molecule has 2 fully saturated rings. The summed E-state index contributed by atoms with van der Waals surface area (Å²) in [7, 11) is 1.28. The predicted molar refractivity (Wildman–Crippen MR) is 155 cm³/mol. The van der Waals surface area contributed by atoms with Gasteiger partial charge in [0.05, 0.1) is 25.4 Å². The van der Waals surface area contributed by atoms with Crippen molar-refractivity contribution in [1.82, 2.24) is 20.5 Å². The van der Waals surface area contributed by atoms with Crippen molar-refractivity contribution in [2.75, 3.05) is 33.4 Å². The summed E-state index contributed by atoms with van der Waals surface area (Å²) in [6, 6.07) is 3.27. The zero-order valence-corrected chi connectivity index (χ0v) is 26.0. The summed E-state index contributed by atoms with van der Waals surface area (Å²) in [6.07, 6.45) is 1.11. The molecule has 3 amide bonds. The van der Waals surface area contributed by atoms with E-state index >= 15 is 0 Å². The van der Waals surface area contributed by atoms with E-state index in [-0.39, 0.29) is 61.3 Å². The predicted octanol–water partition coefficient (Wildman–Crippen LogP) is 4.64. The smallest absolute Gasteiger partial charge is 0.409 e. The minimum atomic E-state index is -3.06. The number of hydrogen-bond acceptors (Lipinski definition) is 10. The minimum absolute atomic E-state index is 0.00536. The van der Waals surface area contributed by atoms with E-state index in [0.717, 1.165) is 12.8 Å². The molecule has 2 aromatic rings. The molecule has 248 valence electrons. The summed E-state index contributed by atoms with van der Waals surface area (Å²) in [5, 5.41) is 16.4. The molecule has 0 radical (unpaired) electrons. The van der Waals surface area contributed by atoms with Crippen LogP contribution in [0.3, 0.4) is 0 Å². The monoisotopic (exact) mass is 638 g/mol. The number of alkyl carbamates (subject to hydrolysis) is 1. The average molecular weight is 639 g/mol. The SMILES string of the molecule is COC(=O)N1CCC(O)(CNC(=O)c2nc(-c3ccc(OC(F)F)c(OCC4CC4)c3)oc2[C@H](C)NC(=O)OC(C)(C)C)CC1. The van der Waals surface area contributed by atoms with E-state index in [2.05, 4.69) is 20.4 Å². The van der Waals surface area contributed by atoms with Crippen LogP contribution >= 0.6 is 0 Å². The average Bonchev–Trinajstić information content (AvgIpc) is 3.69. The molecule has 1 aromatic heterocycles. The van der Waals surface area contributed by atoms with Gasteiger partial charge in [0.1, 0.15) is 5.60 Å². The maximum absolute atomic E-state index is 13.5. The van der Waals surface area contributed by atoms with Crippen LogP contribution in [0.15, 0.2) is 22.6 Å². The van der Waals surface area contributed by atoms with E-state index < -0.39 is 41.9 Å². The van der Waals surface area contributed by atoms with E-state index in [1.807, 2.05) is 0 Å². The van der Waals surface area contributed by atoms with Gasteiger partial charge in [-0.2, -0.15) is 8.78 Å². The van der Waals surface area contributed by atoms with Gasteiger partial charge in [0, 0.05) is 25.2 Å². The first-order valence-corrected chi connectivity index (χ1v) is 14.7. The Kier molecular flexibility index (Phi) is 10.4. The van der Waals surface area contributed by atoms with Gasteiger partial charge in [-0.1, -0.05) is 0 Å². The van der Waals surface area contributed by atoms with E-state index in [1.54, 1.807) is 27.7 Å². The van der Waals surface area contributed by atoms with Crippen molar-refractivity contribution >= 4 is 18.1 Å². The van der Waals surface area contributed by atoms with Crippen LogP contribution in [0.1, 0.15) is 75.7 Å². The number of alkyl halides is 2. The second kappa shape index (κ2) is 13.9. The van der Waals surface area contributed by atoms with Crippen molar-refractivity contribution in [2.24, 2.45) is 5.92 Å². The Bertz CT molecular complexity index is 1370. The van der Waals surface area contributed by atoms with Crippen molar-refractivity contribution in [1.29, 1.82) is 0 Å². The Labute approximate surface area is 259 Å². The lowest BCUT2D eigenvalue weighted by Crippen LogP contribution is -2.52. The second-order valence-electron chi connectivity index (χ2n) is 12.3. The van der Waals surface area contributed by atoms with Crippen molar-refractivity contribution < 1.29 is 51.6 Å². The van der Waals surface area contributed by atoms with Gasteiger partial charge < -0.3 is 44.0 Å². The van der Waals surface area contributed by atoms with Gasteiger partial charge in [-0.15, -0.1) is 0 Å². The van der Waals surface area contributed by atoms with Crippen LogP contribution in [0.2, 0.25) is 0 Å². The maximum Gasteiger partial charge on any atom is 0.409 e. The summed E-state index contributed by atoms with van der Waals surface area (Å²) in [5.41, 5.74) is -1.94. The molecule has 0 spiro atoms. The number of likely N-dealkylation sites (tertiary alicyclic amines) is 1. The first kappa shape index (κ1) is 33.7. The molecule has 1 aliphatic heterocycles. The van der Waals surface area contributed by atoms with Crippen molar-refractivity contribution in [2.45, 2.75) is 77.2 Å². The lowest BCUT2D eigenvalue weighted by molar-refractivity contribution is -0.0515.